The van der Waals surface area contributed by atoms with Crippen LogP contribution in [-0.4, -0.2) is 16.3 Å². The second-order valence-electron chi connectivity index (χ2n) is 4.50. The van der Waals surface area contributed by atoms with Crippen molar-refractivity contribution >= 4 is 11.6 Å². The van der Waals surface area contributed by atoms with Crippen molar-refractivity contribution in [1.82, 2.24) is 15.1 Å². The van der Waals surface area contributed by atoms with Gasteiger partial charge in [-0.25, -0.2) is 0 Å². The Labute approximate surface area is 113 Å². The van der Waals surface area contributed by atoms with Crippen molar-refractivity contribution in [2.24, 2.45) is 7.05 Å². The quantitative estimate of drug-likeness (QED) is 0.899. The Morgan fingerprint density at radius 1 is 1.44 bits per heavy atom. The summed E-state index contributed by atoms with van der Waals surface area (Å²) in [7, 11) is 1.94. The van der Waals surface area contributed by atoms with Gasteiger partial charge in [-0.2, -0.15) is 5.10 Å². The van der Waals surface area contributed by atoms with E-state index in [0.29, 0.717) is 6.04 Å². The lowest BCUT2D eigenvalue weighted by Gasteiger charge is -2.14. The number of hydrogen-bond acceptors (Lipinski definition) is 2. The summed E-state index contributed by atoms with van der Waals surface area (Å²) < 4.78 is 1.83. The average Bonchev–Trinajstić information content (AvgIpc) is 2.75. The van der Waals surface area contributed by atoms with Gasteiger partial charge >= 0.3 is 0 Å². The smallest absolute Gasteiger partial charge is 0.0522 e. The first-order valence-electron chi connectivity index (χ1n) is 6.11. The van der Waals surface area contributed by atoms with Gasteiger partial charge in [0.25, 0.3) is 0 Å². The predicted molar refractivity (Wildman–Crippen MR) is 74.8 cm³/mol. The molecule has 0 amide bonds. The van der Waals surface area contributed by atoms with Gasteiger partial charge in [-0.3, -0.25) is 4.68 Å². The lowest BCUT2D eigenvalue weighted by Crippen LogP contribution is -2.21. The molecule has 18 heavy (non-hydrogen) atoms. The van der Waals surface area contributed by atoms with Crippen molar-refractivity contribution < 1.29 is 0 Å². The molecular formula is C14H18ClN3. The molecule has 0 spiro atoms. The molecule has 1 heterocycles. The van der Waals surface area contributed by atoms with E-state index in [0.717, 1.165) is 18.0 Å². The van der Waals surface area contributed by atoms with Crippen LogP contribution in [0.1, 0.15) is 24.1 Å². The second kappa shape index (κ2) is 6.03. The Morgan fingerprint density at radius 2 is 2.28 bits per heavy atom. The predicted octanol–water partition coefficient (Wildman–Crippen LogP) is 2.97. The minimum Gasteiger partial charge on any atom is -0.310 e. The van der Waals surface area contributed by atoms with Crippen molar-refractivity contribution in [3.63, 3.8) is 0 Å². The highest BCUT2D eigenvalue weighted by Gasteiger charge is 2.05. The lowest BCUT2D eigenvalue weighted by molar-refractivity contribution is 0.577. The topological polar surface area (TPSA) is 29.9 Å². The van der Waals surface area contributed by atoms with Crippen molar-refractivity contribution in [1.29, 1.82) is 0 Å². The number of nitrogens with zero attached hydrogens (tertiary/aromatic N) is 2. The van der Waals surface area contributed by atoms with E-state index in [-0.39, 0.29) is 0 Å². The summed E-state index contributed by atoms with van der Waals surface area (Å²) in [5, 5.41) is 8.43. The first kappa shape index (κ1) is 13.1. The Hall–Kier alpha value is -1.32. The number of aryl methyl sites for hydroxylation is 1. The van der Waals surface area contributed by atoms with Crippen LogP contribution < -0.4 is 5.32 Å². The highest BCUT2D eigenvalue weighted by atomic mass is 35.5. The third-order valence-corrected chi connectivity index (χ3v) is 3.21. The zero-order chi connectivity index (χ0) is 13.0. The summed E-state index contributed by atoms with van der Waals surface area (Å²) in [5.74, 6) is 0. The molecule has 1 aromatic carbocycles. The normalized spacial score (nSPS) is 12.6. The lowest BCUT2D eigenvalue weighted by atomic mass is 10.1. The monoisotopic (exact) mass is 263 g/mol. The number of aromatic nitrogens is 2. The summed E-state index contributed by atoms with van der Waals surface area (Å²) in [4.78, 5) is 0. The first-order chi connectivity index (χ1) is 8.65. The Morgan fingerprint density at radius 3 is 2.94 bits per heavy atom. The highest BCUT2D eigenvalue weighted by Crippen LogP contribution is 2.17. The molecule has 2 rings (SSSR count). The van der Waals surface area contributed by atoms with Crippen molar-refractivity contribution in [2.75, 3.05) is 6.54 Å². The summed E-state index contributed by atoms with van der Waals surface area (Å²) in [6, 6.07) is 8.28. The molecule has 0 saturated carbocycles. The number of rotatable bonds is 5. The SMILES string of the molecule is C[C@H](NCCc1cnn(C)c1)c1cccc(Cl)c1. The van der Waals surface area contributed by atoms with Gasteiger partial charge in [0.15, 0.2) is 0 Å². The molecule has 1 atom stereocenters. The first-order valence-corrected chi connectivity index (χ1v) is 6.49. The van der Waals surface area contributed by atoms with E-state index in [1.807, 2.05) is 42.3 Å². The van der Waals surface area contributed by atoms with Crippen LogP contribution in [0.4, 0.5) is 0 Å². The number of nitrogens with one attached hydrogen (secondary N) is 1. The van der Waals surface area contributed by atoms with Crippen LogP contribution in [-0.2, 0) is 13.5 Å². The van der Waals surface area contributed by atoms with Gasteiger partial charge in [0, 0.05) is 24.3 Å². The summed E-state index contributed by atoms with van der Waals surface area (Å²) >= 11 is 5.98. The fourth-order valence-electron chi connectivity index (χ4n) is 1.93. The molecule has 0 bridgehead atoms. The zero-order valence-corrected chi connectivity index (χ0v) is 11.5. The van der Waals surface area contributed by atoms with Crippen LogP contribution in [0.2, 0.25) is 5.02 Å². The maximum atomic E-state index is 5.98. The standard InChI is InChI=1S/C14H18ClN3/c1-11(13-4-3-5-14(15)8-13)16-7-6-12-9-17-18(2)10-12/h3-5,8-11,16H,6-7H2,1-2H3/t11-/m0/s1. The van der Waals surface area contributed by atoms with Gasteiger partial charge in [0.1, 0.15) is 0 Å². The maximum Gasteiger partial charge on any atom is 0.0522 e. The molecule has 0 fully saturated rings. The molecule has 1 N–H and O–H groups in total. The van der Waals surface area contributed by atoms with Crippen LogP contribution in [0, 0.1) is 0 Å². The summed E-state index contributed by atoms with van der Waals surface area (Å²) in [5.41, 5.74) is 2.47. The van der Waals surface area contributed by atoms with E-state index in [1.54, 1.807) is 0 Å². The van der Waals surface area contributed by atoms with E-state index >= 15 is 0 Å². The van der Waals surface area contributed by atoms with E-state index in [9.17, 15) is 0 Å². The molecule has 0 aliphatic heterocycles. The van der Waals surface area contributed by atoms with Crippen LogP contribution >= 0.6 is 11.6 Å². The van der Waals surface area contributed by atoms with Crippen LogP contribution in [0.25, 0.3) is 0 Å². The minimum atomic E-state index is 0.306. The molecule has 3 nitrogen and oxygen atoms in total. The van der Waals surface area contributed by atoms with Crippen molar-refractivity contribution in [2.45, 2.75) is 19.4 Å². The van der Waals surface area contributed by atoms with Crippen molar-refractivity contribution in [3.8, 4) is 0 Å². The highest BCUT2D eigenvalue weighted by molar-refractivity contribution is 6.30. The molecule has 0 saturated heterocycles. The number of benzene rings is 1. The third-order valence-electron chi connectivity index (χ3n) is 2.97. The molecule has 1 aromatic heterocycles. The van der Waals surface area contributed by atoms with E-state index < -0.39 is 0 Å². The Kier molecular flexibility index (Phi) is 4.39. The van der Waals surface area contributed by atoms with Crippen molar-refractivity contribution in [3.05, 3.63) is 52.8 Å². The molecule has 0 radical (unpaired) electrons. The average molecular weight is 264 g/mol. The van der Waals surface area contributed by atoms with Crippen LogP contribution in [0.15, 0.2) is 36.7 Å². The summed E-state index contributed by atoms with van der Waals surface area (Å²) in [6.45, 7) is 3.08. The van der Waals surface area contributed by atoms with Gasteiger partial charge in [-0.05, 0) is 43.1 Å². The molecule has 0 aliphatic carbocycles. The van der Waals surface area contributed by atoms with Gasteiger partial charge in [0.05, 0.1) is 6.20 Å². The number of halogens is 1. The third kappa shape index (κ3) is 3.59. The van der Waals surface area contributed by atoms with Crippen LogP contribution in [0.3, 0.4) is 0 Å². The van der Waals surface area contributed by atoms with E-state index in [2.05, 4.69) is 23.4 Å². The molecule has 0 unspecified atom stereocenters. The van der Waals surface area contributed by atoms with Gasteiger partial charge < -0.3 is 5.32 Å². The minimum absolute atomic E-state index is 0.306. The fraction of sp³-hybridized carbons (Fsp3) is 0.357. The van der Waals surface area contributed by atoms with Gasteiger partial charge in [-0.1, -0.05) is 23.7 Å². The van der Waals surface area contributed by atoms with E-state index in [4.69, 9.17) is 11.6 Å². The molecule has 4 heteroatoms. The Bertz CT molecular complexity index is 507. The van der Waals surface area contributed by atoms with Crippen LogP contribution in [0.5, 0.6) is 0 Å². The largest absolute Gasteiger partial charge is 0.310 e. The van der Waals surface area contributed by atoms with Gasteiger partial charge in [-0.15, -0.1) is 0 Å². The zero-order valence-electron chi connectivity index (χ0n) is 10.7. The fourth-order valence-corrected chi connectivity index (χ4v) is 2.13. The number of hydrogen-bond donors (Lipinski definition) is 1. The maximum absolute atomic E-state index is 5.98. The molecule has 0 aliphatic rings. The van der Waals surface area contributed by atoms with E-state index in [1.165, 1.54) is 11.1 Å². The summed E-state index contributed by atoms with van der Waals surface area (Å²) in [6.07, 6.45) is 4.94. The second-order valence-corrected chi connectivity index (χ2v) is 4.94. The molecule has 96 valence electrons. The Balaban J connectivity index is 1.83. The molecular weight excluding hydrogens is 246 g/mol. The molecule has 2 aromatic rings. The van der Waals surface area contributed by atoms with Gasteiger partial charge in [0.2, 0.25) is 0 Å².